The molecule has 0 saturated carbocycles. The minimum Gasteiger partial charge on any atom is -0.263 e. The van der Waals surface area contributed by atoms with Gasteiger partial charge in [0.25, 0.3) is 0 Å². The summed E-state index contributed by atoms with van der Waals surface area (Å²) in [6.45, 7) is 0. The van der Waals surface area contributed by atoms with Crippen molar-refractivity contribution >= 4 is 39.5 Å². The molecule has 96 valence electrons. The van der Waals surface area contributed by atoms with E-state index < -0.39 is 0 Å². The summed E-state index contributed by atoms with van der Waals surface area (Å²) in [7, 11) is 0. The molecule has 0 aliphatic heterocycles. The molecule has 0 amide bonds. The summed E-state index contributed by atoms with van der Waals surface area (Å²) in [6, 6.07) is 8.63. The zero-order valence-electron chi connectivity index (χ0n) is 9.43. The minimum absolute atomic E-state index is 0.356. The van der Waals surface area contributed by atoms with Crippen molar-refractivity contribution in [2.24, 2.45) is 0 Å². The molecular formula is C12H7BrFN3S2. The second kappa shape index (κ2) is 4.99. The summed E-state index contributed by atoms with van der Waals surface area (Å²) < 4.78 is 16.7. The van der Waals surface area contributed by atoms with Crippen LogP contribution in [-0.4, -0.2) is 14.8 Å². The fraction of sp³-hybridized carbons (Fsp3) is 0. The molecule has 0 unspecified atom stereocenters. The van der Waals surface area contributed by atoms with Gasteiger partial charge in [0, 0.05) is 4.47 Å². The minimum atomic E-state index is -0.357. The SMILES string of the molecule is Fc1cccc(Br)c1-n1c(-c2cccs2)n[nH]c1=S. The molecule has 0 atom stereocenters. The second-order valence-electron chi connectivity index (χ2n) is 3.74. The van der Waals surface area contributed by atoms with Crippen molar-refractivity contribution in [1.29, 1.82) is 0 Å². The number of halogens is 2. The Hall–Kier alpha value is -1.31. The first-order valence-corrected chi connectivity index (χ1v) is 7.42. The van der Waals surface area contributed by atoms with Crippen LogP contribution in [0.3, 0.4) is 0 Å². The van der Waals surface area contributed by atoms with E-state index in [2.05, 4.69) is 26.1 Å². The first-order valence-electron chi connectivity index (χ1n) is 5.34. The average Bonchev–Trinajstić information content (AvgIpc) is 2.99. The molecular weight excluding hydrogens is 349 g/mol. The Morgan fingerprint density at radius 2 is 2.16 bits per heavy atom. The number of thiophene rings is 1. The van der Waals surface area contributed by atoms with Gasteiger partial charge in [-0.05, 0) is 51.7 Å². The van der Waals surface area contributed by atoms with Crippen molar-refractivity contribution < 1.29 is 4.39 Å². The molecule has 2 aromatic heterocycles. The highest BCUT2D eigenvalue weighted by molar-refractivity contribution is 9.10. The smallest absolute Gasteiger partial charge is 0.200 e. The number of hydrogen-bond acceptors (Lipinski definition) is 3. The molecule has 0 spiro atoms. The van der Waals surface area contributed by atoms with Crippen LogP contribution in [0.2, 0.25) is 0 Å². The quantitative estimate of drug-likeness (QED) is 0.683. The van der Waals surface area contributed by atoms with Crippen LogP contribution in [0.4, 0.5) is 4.39 Å². The predicted molar refractivity (Wildman–Crippen MR) is 79.7 cm³/mol. The lowest BCUT2D eigenvalue weighted by Gasteiger charge is -2.09. The first kappa shape index (κ1) is 12.7. The molecule has 19 heavy (non-hydrogen) atoms. The van der Waals surface area contributed by atoms with E-state index in [1.807, 2.05) is 17.5 Å². The maximum atomic E-state index is 14.1. The molecule has 3 rings (SSSR count). The molecule has 1 N–H and O–H groups in total. The van der Waals surface area contributed by atoms with E-state index in [0.29, 0.717) is 20.8 Å². The topological polar surface area (TPSA) is 33.6 Å². The third kappa shape index (κ3) is 2.18. The van der Waals surface area contributed by atoms with E-state index in [1.54, 1.807) is 16.7 Å². The van der Waals surface area contributed by atoms with Crippen LogP contribution in [0.15, 0.2) is 40.2 Å². The van der Waals surface area contributed by atoms with Gasteiger partial charge in [0.05, 0.1) is 10.6 Å². The molecule has 0 radical (unpaired) electrons. The fourth-order valence-electron chi connectivity index (χ4n) is 1.78. The highest BCUT2D eigenvalue weighted by atomic mass is 79.9. The molecule has 3 aromatic rings. The van der Waals surface area contributed by atoms with Gasteiger partial charge in [-0.2, -0.15) is 5.10 Å². The zero-order chi connectivity index (χ0) is 13.4. The lowest BCUT2D eigenvalue weighted by Crippen LogP contribution is -2.01. The molecule has 0 aliphatic carbocycles. The molecule has 2 heterocycles. The molecule has 7 heteroatoms. The summed E-state index contributed by atoms with van der Waals surface area (Å²) in [5.74, 6) is 0.246. The number of hydrogen-bond donors (Lipinski definition) is 1. The Morgan fingerprint density at radius 3 is 2.84 bits per heavy atom. The van der Waals surface area contributed by atoms with Gasteiger partial charge in [-0.25, -0.2) is 4.39 Å². The molecule has 0 aliphatic rings. The largest absolute Gasteiger partial charge is 0.263 e. The summed E-state index contributed by atoms with van der Waals surface area (Å²) in [6.07, 6.45) is 0. The van der Waals surface area contributed by atoms with E-state index in [4.69, 9.17) is 12.2 Å². The van der Waals surface area contributed by atoms with Gasteiger partial charge in [0.15, 0.2) is 10.6 Å². The van der Waals surface area contributed by atoms with Crippen molar-refractivity contribution in [2.45, 2.75) is 0 Å². The Kier molecular flexibility index (Phi) is 3.34. The van der Waals surface area contributed by atoms with E-state index in [-0.39, 0.29) is 5.82 Å². The summed E-state index contributed by atoms with van der Waals surface area (Å²) in [5.41, 5.74) is 0.365. The predicted octanol–water partition coefficient (Wildman–Crippen LogP) is 4.56. The third-order valence-corrected chi connectivity index (χ3v) is 4.35. The van der Waals surface area contributed by atoms with E-state index >= 15 is 0 Å². The highest BCUT2D eigenvalue weighted by Crippen LogP contribution is 2.30. The summed E-state index contributed by atoms with van der Waals surface area (Å²) in [5, 5.41) is 8.84. The summed E-state index contributed by atoms with van der Waals surface area (Å²) in [4.78, 5) is 0.919. The van der Waals surface area contributed by atoms with E-state index in [0.717, 1.165) is 4.88 Å². The van der Waals surface area contributed by atoms with Crippen LogP contribution in [0.1, 0.15) is 0 Å². The van der Waals surface area contributed by atoms with Crippen LogP contribution < -0.4 is 0 Å². The lowest BCUT2D eigenvalue weighted by molar-refractivity contribution is 0.616. The highest BCUT2D eigenvalue weighted by Gasteiger charge is 2.16. The molecule has 1 aromatic carbocycles. The standard InChI is InChI=1S/C12H7BrFN3S2/c13-7-3-1-4-8(14)10(7)17-11(15-16-12(17)18)9-5-2-6-19-9/h1-6H,(H,16,18). The molecule has 0 bridgehead atoms. The van der Waals surface area contributed by atoms with Gasteiger partial charge in [-0.15, -0.1) is 11.3 Å². The Labute approximate surface area is 125 Å². The van der Waals surface area contributed by atoms with Gasteiger partial charge >= 0.3 is 0 Å². The van der Waals surface area contributed by atoms with Crippen molar-refractivity contribution in [2.75, 3.05) is 0 Å². The van der Waals surface area contributed by atoms with Crippen molar-refractivity contribution in [1.82, 2.24) is 14.8 Å². The second-order valence-corrected chi connectivity index (χ2v) is 5.92. The zero-order valence-corrected chi connectivity index (χ0v) is 12.6. The van der Waals surface area contributed by atoms with Crippen molar-refractivity contribution in [3.8, 4) is 16.4 Å². The number of aromatic nitrogens is 3. The van der Waals surface area contributed by atoms with Crippen LogP contribution in [0, 0.1) is 10.6 Å². The van der Waals surface area contributed by atoms with Gasteiger partial charge in [-0.3, -0.25) is 9.67 Å². The number of rotatable bonds is 2. The van der Waals surface area contributed by atoms with Crippen LogP contribution in [-0.2, 0) is 0 Å². The van der Waals surface area contributed by atoms with Crippen LogP contribution in [0.5, 0.6) is 0 Å². The van der Waals surface area contributed by atoms with Crippen molar-refractivity contribution in [3.63, 3.8) is 0 Å². The Morgan fingerprint density at radius 1 is 1.32 bits per heavy atom. The van der Waals surface area contributed by atoms with Gasteiger partial charge in [0.2, 0.25) is 0 Å². The number of benzene rings is 1. The first-order chi connectivity index (χ1) is 9.18. The fourth-order valence-corrected chi connectivity index (χ4v) is 3.22. The number of H-pyrrole nitrogens is 1. The third-order valence-electron chi connectivity index (χ3n) is 2.58. The van der Waals surface area contributed by atoms with Crippen LogP contribution in [0.25, 0.3) is 16.4 Å². The maximum absolute atomic E-state index is 14.1. The molecule has 3 nitrogen and oxygen atoms in total. The number of nitrogens with zero attached hydrogens (tertiary/aromatic N) is 2. The van der Waals surface area contributed by atoms with Gasteiger partial charge in [-0.1, -0.05) is 12.1 Å². The van der Waals surface area contributed by atoms with E-state index in [9.17, 15) is 4.39 Å². The molecule has 0 fully saturated rings. The average molecular weight is 356 g/mol. The monoisotopic (exact) mass is 355 g/mol. The van der Waals surface area contributed by atoms with Gasteiger partial charge in [0.1, 0.15) is 5.82 Å². The number of aromatic amines is 1. The number of nitrogens with one attached hydrogen (secondary N) is 1. The van der Waals surface area contributed by atoms with Crippen LogP contribution >= 0.6 is 39.5 Å². The Balaban J connectivity index is 2.32. The maximum Gasteiger partial charge on any atom is 0.200 e. The number of para-hydroxylation sites is 1. The Bertz CT molecular complexity index is 756. The van der Waals surface area contributed by atoms with E-state index in [1.165, 1.54) is 17.4 Å². The molecule has 0 saturated heterocycles. The lowest BCUT2D eigenvalue weighted by atomic mass is 10.3. The van der Waals surface area contributed by atoms with Crippen molar-refractivity contribution in [3.05, 3.63) is 50.8 Å². The normalized spacial score (nSPS) is 10.8. The summed E-state index contributed by atoms with van der Waals surface area (Å²) >= 11 is 10.1. The van der Waals surface area contributed by atoms with Gasteiger partial charge < -0.3 is 0 Å².